The standard InChI is InChI=1S/C15H24N2O3/c1-19-14(10-16)9-15(18)17(12-5-2-3-6-12)11-13-7-4-8-20-13/h4,7-8,12,14H,2-3,5-6,9-11,16H2,1H3. The first kappa shape index (κ1) is 15.1. The third-order valence-electron chi connectivity index (χ3n) is 3.99. The van der Waals surface area contributed by atoms with E-state index in [9.17, 15) is 4.79 Å². The lowest BCUT2D eigenvalue weighted by Crippen LogP contribution is -2.41. The molecule has 1 heterocycles. The fourth-order valence-corrected chi connectivity index (χ4v) is 2.78. The van der Waals surface area contributed by atoms with Crippen LogP contribution in [0.15, 0.2) is 22.8 Å². The first-order chi connectivity index (χ1) is 9.74. The molecule has 0 radical (unpaired) electrons. The molecule has 1 aliphatic carbocycles. The van der Waals surface area contributed by atoms with Crippen LogP contribution in [0.5, 0.6) is 0 Å². The summed E-state index contributed by atoms with van der Waals surface area (Å²) in [6.45, 7) is 0.902. The molecule has 1 unspecified atom stereocenters. The first-order valence-electron chi connectivity index (χ1n) is 7.29. The molecule has 0 aliphatic heterocycles. The number of carbonyl (C=O) groups is 1. The summed E-state index contributed by atoms with van der Waals surface area (Å²) in [5.74, 6) is 0.928. The van der Waals surface area contributed by atoms with E-state index in [1.807, 2.05) is 17.0 Å². The van der Waals surface area contributed by atoms with Gasteiger partial charge in [0.05, 0.1) is 25.3 Å². The average molecular weight is 280 g/mol. The van der Waals surface area contributed by atoms with Gasteiger partial charge in [-0.05, 0) is 25.0 Å². The minimum absolute atomic E-state index is 0.102. The van der Waals surface area contributed by atoms with E-state index >= 15 is 0 Å². The van der Waals surface area contributed by atoms with E-state index in [1.54, 1.807) is 13.4 Å². The third kappa shape index (κ3) is 3.84. The molecular weight excluding hydrogens is 256 g/mol. The molecule has 0 spiro atoms. The Hall–Kier alpha value is -1.33. The quantitative estimate of drug-likeness (QED) is 0.828. The van der Waals surface area contributed by atoms with Gasteiger partial charge in [0.2, 0.25) is 5.91 Å². The van der Waals surface area contributed by atoms with Crippen molar-refractivity contribution in [3.8, 4) is 0 Å². The maximum Gasteiger partial charge on any atom is 0.225 e. The number of nitrogens with two attached hydrogens (primary N) is 1. The molecular formula is C15H24N2O3. The van der Waals surface area contributed by atoms with Crippen molar-refractivity contribution < 1.29 is 13.9 Å². The second-order valence-electron chi connectivity index (χ2n) is 5.34. The van der Waals surface area contributed by atoms with Gasteiger partial charge in [-0.25, -0.2) is 0 Å². The smallest absolute Gasteiger partial charge is 0.225 e. The molecule has 1 aromatic rings. The highest BCUT2D eigenvalue weighted by molar-refractivity contribution is 5.77. The molecule has 2 N–H and O–H groups in total. The maximum atomic E-state index is 12.5. The van der Waals surface area contributed by atoms with Crippen LogP contribution < -0.4 is 5.73 Å². The van der Waals surface area contributed by atoms with E-state index in [0.717, 1.165) is 18.6 Å². The van der Waals surface area contributed by atoms with Gasteiger partial charge in [-0.2, -0.15) is 0 Å². The monoisotopic (exact) mass is 280 g/mol. The number of hydrogen-bond donors (Lipinski definition) is 1. The first-order valence-corrected chi connectivity index (χ1v) is 7.29. The zero-order valence-corrected chi connectivity index (χ0v) is 12.1. The van der Waals surface area contributed by atoms with Crippen LogP contribution in [0.25, 0.3) is 0 Å². The van der Waals surface area contributed by atoms with Crippen LogP contribution in [0.1, 0.15) is 37.9 Å². The van der Waals surface area contributed by atoms with Crippen LogP contribution in [0.4, 0.5) is 0 Å². The van der Waals surface area contributed by atoms with Crippen molar-refractivity contribution in [3.05, 3.63) is 24.2 Å². The molecule has 5 heteroatoms. The van der Waals surface area contributed by atoms with Gasteiger partial charge in [-0.1, -0.05) is 12.8 Å². The number of rotatable bonds is 7. The molecule has 1 aliphatic rings. The lowest BCUT2D eigenvalue weighted by molar-refractivity contribution is -0.136. The maximum absolute atomic E-state index is 12.5. The topological polar surface area (TPSA) is 68.7 Å². The number of nitrogens with zero attached hydrogens (tertiary/aromatic N) is 1. The van der Waals surface area contributed by atoms with E-state index in [-0.39, 0.29) is 12.0 Å². The molecule has 1 aromatic heterocycles. The van der Waals surface area contributed by atoms with Crippen molar-refractivity contribution in [1.82, 2.24) is 4.90 Å². The second kappa shape index (κ2) is 7.45. The van der Waals surface area contributed by atoms with Gasteiger partial charge in [-0.3, -0.25) is 4.79 Å². The number of furan rings is 1. The Labute approximate surface area is 120 Å². The van der Waals surface area contributed by atoms with Crippen molar-refractivity contribution in [2.75, 3.05) is 13.7 Å². The highest BCUT2D eigenvalue weighted by Crippen LogP contribution is 2.26. The molecule has 1 amide bonds. The highest BCUT2D eigenvalue weighted by atomic mass is 16.5. The minimum Gasteiger partial charge on any atom is -0.467 e. The summed E-state index contributed by atoms with van der Waals surface area (Å²) in [6, 6.07) is 4.08. The van der Waals surface area contributed by atoms with E-state index in [1.165, 1.54) is 12.8 Å². The SMILES string of the molecule is COC(CN)CC(=O)N(Cc1ccco1)C1CCCC1. The van der Waals surface area contributed by atoms with Crippen LogP contribution in [0.2, 0.25) is 0 Å². The fraction of sp³-hybridized carbons (Fsp3) is 0.667. The van der Waals surface area contributed by atoms with Crippen molar-refractivity contribution in [2.24, 2.45) is 5.73 Å². The van der Waals surface area contributed by atoms with Crippen molar-refractivity contribution in [2.45, 2.75) is 50.8 Å². The van der Waals surface area contributed by atoms with Gasteiger partial charge in [0.15, 0.2) is 0 Å². The average Bonchev–Trinajstić information content (AvgIpc) is 3.14. The summed E-state index contributed by atoms with van der Waals surface area (Å²) in [7, 11) is 1.59. The van der Waals surface area contributed by atoms with Crippen LogP contribution >= 0.6 is 0 Å². The predicted octanol–water partition coefficient (Wildman–Crippen LogP) is 1.91. The zero-order chi connectivity index (χ0) is 14.4. The Balaban J connectivity index is 2.02. The van der Waals surface area contributed by atoms with Crippen LogP contribution in [-0.4, -0.2) is 36.6 Å². The van der Waals surface area contributed by atoms with E-state index in [0.29, 0.717) is 25.6 Å². The molecule has 1 atom stereocenters. The Morgan fingerprint density at radius 2 is 2.30 bits per heavy atom. The van der Waals surface area contributed by atoms with Gasteiger partial charge in [0.25, 0.3) is 0 Å². The normalized spacial score (nSPS) is 17.3. The number of methoxy groups -OCH3 is 1. The Morgan fingerprint density at radius 1 is 1.55 bits per heavy atom. The summed E-state index contributed by atoms with van der Waals surface area (Å²) in [5.41, 5.74) is 5.61. The van der Waals surface area contributed by atoms with E-state index < -0.39 is 0 Å². The minimum atomic E-state index is -0.206. The summed E-state index contributed by atoms with van der Waals surface area (Å²) < 4.78 is 10.6. The number of amides is 1. The Bertz CT molecular complexity index is 395. The van der Waals surface area contributed by atoms with Crippen molar-refractivity contribution in [3.63, 3.8) is 0 Å². The van der Waals surface area contributed by atoms with E-state index in [4.69, 9.17) is 14.9 Å². The molecule has 112 valence electrons. The summed E-state index contributed by atoms with van der Waals surface area (Å²) in [4.78, 5) is 14.5. The van der Waals surface area contributed by atoms with Crippen molar-refractivity contribution >= 4 is 5.91 Å². The predicted molar refractivity (Wildman–Crippen MR) is 76.0 cm³/mol. The lowest BCUT2D eigenvalue weighted by Gasteiger charge is -2.29. The van der Waals surface area contributed by atoms with Crippen LogP contribution in [0, 0.1) is 0 Å². The molecule has 0 aromatic carbocycles. The largest absolute Gasteiger partial charge is 0.467 e. The zero-order valence-electron chi connectivity index (χ0n) is 12.1. The summed E-state index contributed by atoms with van der Waals surface area (Å²) in [5, 5.41) is 0. The molecule has 0 saturated heterocycles. The molecule has 20 heavy (non-hydrogen) atoms. The number of hydrogen-bond acceptors (Lipinski definition) is 4. The number of carbonyl (C=O) groups excluding carboxylic acids is 1. The van der Waals surface area contributed by atoms with Gasteiger partial charge in [-0.15, -0.1) is 0 Å². The fourth-order valence-electron chi connectivity index (χ4n) is 2.78. The summed E-state index contributed by atoms with van der Waals surface area (Å²) in [6.07, 6.45) is 6.31. The lowest BCUT2D eigenvalue weighted by atomic mass is 10.1. The van der Waals surface area contributed by atoms with Gasteiger partial charge < -0.3 is 19.8 Å². The molecule has 2 rings (SSSR count). The van der Waals surface area contributed by atoms with Crippen LogP contribution in [0.3, 0.4) is 0 Å². The van der Waals surface area contributed by atoms with Crippen LogP contribution in [-0.2, 0) is 16.1 Å². The van der Waals surface area contributed by atoms with Gasteiger partial charge in [0.1, 0.15) is 5.76 Å². The molecule has 0 bridgehead atoms. The third-order valence-corrected chi connectivity index (χ3v) is 3.99. The number of ether oxygens (including phenoxy) is 1. The second-order valence-corrected chi connectivity index (χ2v) is 5.34. The highest BCUT2D eigenvalue weighted by Gasteiger charge is 2.28. The van der Waals surface area contributed by atoms with Crippen molar-refractivity contribution in [1.29, 1.82) is 0 Å². The van der Waals surface area contributed by atoms with Gasteiger partial charge >= 0.3 is 0 Å². The van der Waals surface area contributed by atoms with Gasteiger partial charge in [0, 0.05) is 19.7 Å². The van der Waals surface area contributed by atoms with E-state index in [2.05, 4.69) is 0 Å². The molecule has 1 saturated carbocycles. The molecule has 5 nitrogen and oxygen atoms in total. The Morgan fingerprint density at radius 3 is 2.85 bits per heavy atom. The molecule has 1 fully saturated rings. The Kier molecular flexibility index (Phi) is 5.61. The summed E-state index contributed by atoms with van der Waals surface area (Å²) >= 11 is 0.